The molecule has 0 aliphatic rings. The van der Waals surface area contributed by atoms with E-state index in [1.165, 1.54) is 10.9 Å². The van der Waals surface area contributed by atoms with Crippen LogP contribution < -0.4 is 0 Å². The lowest BCUT2D eigenvalue weighted by Gasteiger charge is -2.08. The molecule has 4 rings (SSSR count). The van der Waals surface area contributed by atoms with Gasteiger partial charge >= 0.3 is 0 Å². The van der Waals surface area contributed by atoms with Gasteiger partial charge in [0.15, 0.2) is 0 Å². The summed E-state index contributed by atoms with van der Waals surface area (Å²) >= 11 is 12.1. The van der Waals surface area contributed by atoms with Crippen molar-refractivity contribution in [3.05, 3.63) is 88.7 Å². The Labute approximate surface area is 150 Å². The molecule has 0 aliphatic heterocycles. The normalized spacial score (nSPS) is 11.1. The van der Waals surface area contributed by atoms with Crippen molar-refractivity contribution in [2.45, 2.75) is 6.54 Å². The van der Waals surface area contributed by atoms with Gasteiger partial charge in [-0.1, -0.05) is 47.5 Å². The van der Waals surface area contributed by atoms with Crippen molar-refractivity contribution in [2.24, 2.45) is 0 Å². The van der Waals surface area contributed by atoms with Gasteiger partial charge in [0.05, 0.1) is 15.7 Å². The van der Waals surface area contributed by atoms with Gasteiger partial charge in [0.1, 0.15) is 0 Å². The summed E-state index contributed by atoms with van der Waals surface area (Å²) in [5, 5.41) is 2.35. The van der Waals surface area contributed by atoms with Crippen LogP contribution in [0.15, 0.2) is 73.1 Å². The maximum atomic E-state index is 6.13. The second kappa shape index (κ2) is 6.31. The smallest absolute Gasteiger partial charge is 0.0708 e. The lowest BCUT2D eigenvalue weighted by molar-refractivity contribution is 0.837. The Morgan fingerprint density at radius 1 is 0.875 bits per heavy atom. The van der Waals surface area contributed by atoms with Crippen LogP contribution in [0.5, 0.6) is 0 Å². The van der Waals surface area contributed by atoms with E-state index in [4.69, 9.17) is 23.2 Å². The number of halogens is 2. The number of benzene rings is 2. The number of hydrogen-bond acceptors (Lipinski definition) is 1. The van der Waals surface area contributed by atoms with Crippen LogP contribution in [0.2, 0.25) is 10.0 Å². The van der Waals surface area contributed by atoms with E-state index in [1.807, 2.05) is 42.6 Å². The first-order valence-corrected chi connectivity index (χ1v) is 8.41. The number of rotatable bonds is 3. The van der Waals surface area contributed by atoms with Gasteiger partial charge in [0, 0.05) is 35.4 Å². The fourth-order valence-corrected chi connectivity index (χ4v) is 3.26. The average Bonchev–Trinajstić information content (AvgIpc) is 3.02. The molecule has 0 saturated carbocycles. The fourth-order valence-electron chi connectivity index (χ4n) is 2.94. The molecule has 4 heteroatoms. The molecule has 24 heavy (non-hydrogen) atoms. The summed E-state index contributed by atoms with van der Waals surface area (Å²) in [6.45, 7) is 0.742. The van der Waals surface area contributed by atoms with Crippen LogP contribution in [-0.2, 0) is 6.54 Å². The summed E-state index contributed by atoms with van der Waals surface area (Å²) in [7, 11) is 0. The average molecular weight is 353 g/mol. The molecule has 0 radical (unpaired) electrons. The van der Waals surface area contributed by atoms with E-state index in [2.05, 4.69) is 40.0 Å². The molecule has 0 unspecified atom stereocenters. The van der Waals surface area contributed by atoms with Crippen LogP contribution in [0, 0.1) is 0 Å². The molecule has 2 aromatic carbocycles. The van der Waals surface area contributed by atoms with Crippen LogP contribution in [0.3, 0.4) is 0 Å². The highest BCUT2D eigenvalue weighted by atomic mass is 35.5. The van der Waals surface area contributed by atoms with Gasteiger partial charge in [-0.15, -0.1) is 0 Å². The molecule has 0 aliphatic carbocycles. The van der Waals surface area contributed by atoms with E-state index in [-0.39, 0.29) is 0 Å². The largest absolute Gasteiger partial charge is 0.343 e. The minimum atomic E-state index is 0.579. The molecule has 2 heterocycles. The summed E-state index contributed by atoms with van der Waals surface area (Å²) in [6, 6.07) is 20.2. The van der Waals surface area contributed by atoms with Crippen molar-refractivity contribution in [3.63, 3.8) is 0 Å². The van der Waals surface area contributed by atoms with Crippen LogP contribution in [0.25, 0.3) is 22.2 Å². The van der Waals surface area contributed by atoms with Crippen molar-refractivity contribution in [2.75, 3.05) is 0 Å². The molecule has 2 aromatic heterocycles. The Balaban J connectivity index is 1.77. The van der Waals surface area contributed by atoms with Crippen molar-refractivity contribution in [1.82, 2.24) is 9.55 Å². The Morgan fingerprint density at radius 3 is 2.58 bits per heavy atom. The predicted molar refractivity (Wildman–Crippen MR) is 101 cm³/mol. The quantitative estimate of drug-likeness (QED) is 0.438. The summed E-state index contributed by atoms with van der Waals surface area (Å²) in [4.78, 5) is 4.47. The van der Waals surface area contributed by atoms with Gasteiger partial charge in [-0.2, -0.15) is 0 Å². The first kappa shape index (κ1) is 15.3. The molecular formula is C20H14Cl2N2. The molecule has 0 N–H and O–H groups in total. The van der Waals surface area contributed by atoms with Gasteiger partial charge in [0.2, 0.25) is 0 Å². The van der Waals surface area contributed by atoms with Crippen LogP contribution in [0.4, 0.5) is 0 Å². The minimum absolute atomic E-state index is 0.579. The van der Waals surface area contributed by atoms with E-state index in [1.54, 1.807) is 0 Å². The van der Waals surface area contributed by atoms with Crippen LogP contribution in [0.1, 0.15) is 5.56 Å². The van der Waals surface area contributed by atoms with Gasteiger partial charge in [-0.25, -0.2) is 0 Å². The molecule has 4 aromatic rings. The summed E-state index contributed by atoms with van der Waals surface area (Å²) < 4.78 is 2.21. The SMILES string of the molecule is Clc1ccc(Cn2ccc3c(-c4ccccn4)cccc32)cc1Cl. The summed E-state index contributed by atoms with van der Waals surface area (Å²) in [6.07, 6.45) is 3.92. The maximum absolute atomic E-state index is 6.13. The monoisotopic (exact) mass is 352 g/mol. The molecule has 0 saturated heterocycles. The standard InChI is InChI=1S/C20H14Cl2N2/c21-17-8-7-14(12-18(17)22)13-24-11-9-16-15(4-3-6-20(16)24)19-5-1-2-10-23-19/h1-12H,13H2. The Kier molecular flexibility index (Phi) is 4.01. The van der Waals surface area contributed by atoms with Crippen LogP contribution in [-0.4, -0.2) is 9.55 Å². The number of hydrogen-bond donors (Lipinski definition) is 0. The minimum Gasteiger partial charge on any atom is -0.343 e. The van der Waals surface area contributed by atoms with Crippen molar-refractivity contribution < 1.29 is 0 Å². The number of aromatic nitrogens is 2. The zero-order valence-corrected chi connectivity index (χ0v) is 14.3. The number of pyridine rings is 1. The lowest BCUT2D eigenvalue weighted by Crippen LogP contribution is -1.98. The molecule has 2 nitrogen and oxygen atoms in total. The summed E-state index contributed by atoms with van der Waals surface area (Å²) in [5.74, 6) is 0. The van der Waals surface area contributed by atoms with E-state index in [0.29, 0.717) is 10.0 Å². The third kappa shape index (κ3) is 2.79. The Bertz CT molecular complexity index is 1010. The highest BCUT2D eigenvalue weighted by Gasteiger charge is 2.09. The van der Waals surface area contributed by atoms with E-state index < -0.39 is 0 Å². The van der Waals surface area contributed by atoms with E-state index in [0.717, 1.165) is 23.4 Å². The molecule has 0 amide bonds. The summed E-state index contributed by atoms with van der Waals surface area (Å²) in [5.41, 5.74) is 4.41. The van der Waals surface area contributed by atoms with E-state index >= 15 is 0 Å². The van der Waals surface area contributed by atoms with Crippen LogP contribution >= 0.6 is 23.2 Å². The topological polar surface area (TPSA) is 17.8 Å². The maximum Gasteiger partial charge on any atom is 0.0708 e. The van der Waals surface area contributed by atoms with E-state index in [9.17, 15) is 0 Å². The molecule has 0 bridgehead atoms. The highest BCUT2D eigenvalue weighted by Crippen LogP contribution is 2.29. The first-order chi connectivity index (χ1) is 11.7. The lowest BCUT2D eigenvalue weighted by atomic mass is 10.1. The zero-order chi connectivity index (χ0) is 16.5. The predicted octanol–water partition coefficient (Wildman–Crippen LogP) is 6.06. The van der Waals surface area contributed by atoms with Gasteiger partial charge in [-0.3, -0.25) is 4.98 Å². The zero-order valence-electron chi connectivity index (χ0n) is 12.8. The van der Waals surface area contributed by atoms with Gasteiger partial charge < -0.3 is 4.57 Å². The number of fused-ring (bicyclic) bond motifs is 1. The van der Waals surface area contributed by atoms with Crippen molar-refractivity contribution >= 4 is 34.1 Å². The second-order valence-corrected chi connectivity index (χ2v) is 6.46. The third-order valence-corrected chi connectivity index (χ3v) is 4.83. The fraction of sp³-hybridized carbons (Fsp3) is 0.0500. The Morgan fingerprint density at radius 2 is 1.79 bits per heavy atom. The van der Waals surface area contributed by atoms with Crippen molar-refractivity contribution in [1.29, 1.82) is 0 Å². The molecule has 0 atom stereocenters. The Hall–Kier alpha value is -2.29. The molecular weight excluding hydrogens is 339 g/mol. The first-order valence-electron chi connectivity index (χ1n) is 7.65. The third-order valence-electron chi connectivity index (χ3n) is 4.09. The highest BCUT2D eigenvalue weighted by molar-refractivity contribution is 6.42. The molecule has 118 valence electrons. The molecule has 0 spiro atoms. The molecule has 0 fully saturated rings. The van der Waals surface area contributed by atoms with Crippen molar-refractivity contribution in [3.8, 4) is 11.3 Å². The van der Waals surface area contributed by atoms with Gasteiger partial charge in [-0.05, 0) is 42.0 Å². The number of nitrogens with zero attached hydrogens (tertiary/aromatic N) is 2. The van der Waals surface area contributed by atoms with Gasteiger partial charge in [0.25, 0.3) is 0 Å². The second-order valence-electron chi connectivity index (χ2n) is 5.65.